The Bertz CT molecular complexity index is 546. The van der Waals surface area contributed by atoms with Gasteiger partial charge in [0.1, 0.15) is 5.82 Å². The number of carbonyl (C=O) groups is 2. The quantitative estimate of drug-likeness (QED) is 0.740. The van der Waals surface area contributed by atoms with Gasteiger partial charge in [0.2, 0.25) is 5.91 Å². The van der Waals surface area contributed by atoms with Crippen molar-refractivity contribution in [3.05, 3.63) is 17.3 Å². The minimum Gasteiger partial charge on any atom is -0.478 e. The lowest BCUT2D eigenvalue weighted by atomic mass is 10.2. The summed E-state index contributed by atoms with van der Waals surface area (Å²) in [6.07, 6.45) is 2.53. The van der Waals surface area contributed by atoms with Crippen LogP contribution in [-0.4, -0.2) is 39.4 Å². The Kier molecular flexibility index (Phi) is 4.90. The third-order valence-corrected chi connectivity index (χ3v) is 2.85. The molecule has 0 fully saturated rings. The van der Waals surface area contributed by atoms with E-state index in [1.807, 2.05) is 13.8 Å². The first-order valence-corrected chi connectivity index (χ1v) is 6.23. The number of hydrogen-bond donors (Lipinski definition) is 2. The van der Waals surface area contributed by atoms with E-state index in [0.717, 1.165) is 6.08 Å². The summed E-state index contributed by atoms with van der Waals surface area (Å²) in [7, 11) is 1.75. The highest BCUT2D eigenvalue weighted by Gasteiger charge is 2.21. The number of nitrogens with two attached hydrogens (primary N) is 1. The molecule has 20 heavy (non-hydrogen) atoms. The molecule has 0 unspecified atom stereocenters. The first-order chi connectivity index (χ1) is 9.23. The van der Waals surface area contributed by atoms with Gasteiger partial charge in [-0.05, 0) is 26.8 Å². The van der Waals surface area contributed by atoms with Gasteiger partial charge in [0.15, 0.2) is 0 Å². The molecular formula is C13H20N4O3. The Morgan fingerprint density at radius 1 is 1.50 bits per heavy atom. The molecular weight excluding hydrogens is 260 g/mol. The van der Waals surface area contributed by atoms with E-state index < -0.39 is 11.9 Å². The second-order valence-electron chi connectivity index (χ2n) is 4.81. The van der Waals surface area contributed by atoms with Crippen LogP contribution in [0.25, 0.3) is 6.08 Å². The fourth-order valence-corrected chi connectivity index (χ4v) is 2.02. The minimum atomic E-state index is -1.04. The molecule has 0 bridgehead atoms. The summed E-state index contributed by atoms with van der Waals surface area (Å²) in [6, 6.07) is 0.0225. The molecule has 1 amide bonds. The number of amides is 1. The number of rotatable bonds is 6. The largest absolute Gasteiger partial charge is 0.478 e. The average Bonchev–Trinajstić information content (AvgIpc) is 2.57. The number of carboxylic acids is 1. The van der Waals surface area contributed by atoms with E-state index in [2.05, 4.69) is 5.10 Å². The standard InChI is InChI=1S/C13H20N4O3/c1-8(2)17(7-11(14)18)13-10(5-6-12(19)20)9(3)15-16(13)4/h5-6,8H,7H2,1-4H3,(H2,14,18)(H,19,20). The van der Waals surface area contributed by atoms with E-state index in [0.29, 0.717) is 17.1 Å². The van der Waals surface area contributed by atoms with Crippen molar-refractivity contribution in [2.24, 2.45) is 12.8 Å². The Labute approximate surface area is 117 Å². The third kappa shape index (κ3) is 3.59. The van der Waals surface area contributed by atoms with Crippen LogP contribution in [0.15, 0.2) is 6.08 Å². The Morgan fingerprint density at radius 3 is 2.55 bits per heavy atom. The molecule has 1 aromatic rings. The zero-order valence-electron chi connectivity index (χ0n) is 12.1. The van der Waals surface area contributed by atoms with E-state index in [1.165, 1.54) is 6.08 Å². The smallest absolute Gasteiger partial charge is 0.328 e. The number of aromatic nitrogens is 2. The molecule has 1 rings (SSSR count). The number of carbonyl (C=O) groups excluding carboxylic acids is 1. The van der Waals surface area contributed by atoms with Gasteiger partial charge < -0.3 is 15.7 Å². The summed E-state index contributed by atoms with van der Waals surface area (Å²) in [6.45, 7) is 5.68. The maximum Gasteiger partial charge on any atom is 0.328 e. The zero-order valence-corrected chi connectivity index (χ0v) is 12.1. The van der Waals surface area contributed by atoms with Crippen LogP contribution in [0.1, 0.15) is 25.1 Å². The van der Waals surface area contributed by atoms with Crippen LogP contribution < -0.4 is 10.6 Å². The number of nitrogens with zero attached hydrogens (tertiary/aromatic N) is 3. The topological polar surface area (TPSA) is 101 Å². The SMILES string of the molecule is Cc1nn(C)c(N(CC(N)=O)C(C)C)c1C=CC(=O)O. The van der Waals surface area contributed by atoms with Crippen molar-refractivity contribution < 1.29 is 14.7 Å². The predicted molar refractivity (Wildman–Crippen MR) is 76.3 cm³/mol. The molecule has 7 nitrogen and oxygen atoms in total. The second kappa shape index (κ2) is 6.23. The first-order valence-electron chi connectivity index (χ1n) is 6.23. The summed E-state index contributed by atoms with van der Waals surface area (Å²) >= 11 is 0. The van der Waals surface area contributed by atoms with Gasteiger partial charge in [-0.1, -0.05) is 0 Å². The van der Waals surface area contributed by atoms with Crippen LogP contribution in [0.3, 0.4) is 0 Å². The molecule has 0 aliphatic rings. The van der Waals surface area contributed by atoms with Gasteiger partial charge >= 0.3 is 5.97 Å². The molecule has 0 radical (unpaired) electrons. The predicted octanol–water partition coefficient (Wildman–Crippen LogP) is 0.526. The van der Waals surface area contributed by atoms with Crippen LogP contribution in [0.4, 0.5) is 5.82 Å². The van der Waals surface area contributed by atoms with Gasteiger partial charge in [0.05, 0.1) is 12.2 Å². The summed E-state index contributed by atoms with van der Waals surface area (Å²) in [5.74, 6) is -0.815. The van der Waals surface area contributed by atoms with Crippen molar-refractivity contribution in [2.45, 2.75) is 26.8 Å². The minimum absolute atomic E-state index is 0.0225. The second-order valence-corrected chi connectivity index (χ2v) is 4.81. The first kappa shape index (κ1) is 15.7. The normalized spacial score (nSPS) is 11.2. The van der Waals surface area contributed by atoms with Gasteiger partial charge in [-0.2, -0.15) is 5.10 Å². The maximum absolute atomic E-state index is 11.2. The molecule has 0 saturated carbocycles. The molecule has 0 aliphatic heterocycles. The number of aryl methyl sites for hydroxylation is 2. The van der Waals surface area contributed by atoms with E-state index >= 15 is 0 Å². The highest BCUT2D eigenvalue weighted by atomic mass is 16.4. The number of primary amides is 1. The molecule has 0 atom stereocenters. The van der Waals surface area contributed by atoms with Crippen molar-refractivity contribution >= 4 is 23.8 Å². The highest BCUT2D eigenvalue weighted by Crippen LogP contribution is 2.26. The maximum atomic E-state index is 11.2. The molecule has 0 aromatic carbocycles. The van der Waals surface area contributed by atoms with Crippen LogP contribution >= 0.6 is 0 Å². The number of hydrogen-bond acceptors (Lipinski definition) is 4. The van der Waals surface area contributed by atoms with Crippen molar-refractivity contribution in [3.8, 4) is 0 Å². The van der Waals surface area contributed by atoms with Gasteiger partial charge in [-0.25, -0.2) is 4.79 Å². The fraction of sp³-hybridized carbons (Fsp3) is 0.462. The molecule has 1 heterocycles. The van der Waals surface area contributed by atoms with Crippen molar-refractivity contribution in [3.63, 3.8) is 0 Å². The summed E-state index contributed by atoms with van der Waals surface area (Å²) in [4.78, 5) is 23.7. The van der Waals surface area contributed by atoms with E-state index in [4.69, 9.17) is 10.8 Å². The summed E-state index contributed by atoms with van der Waals surface area (Å²) in [5.41, 5.74) is 6.64. The molecule has 3 N–H and O–H groups in total. The van der Waals surface area contributed by atoms with Gasteiger partial charge in [-0.15, -0.1) is 0 Å². The van der Waals surface area contributed by atoms with Crippen LogP contribution in [0.5, 0.6) is 0 Å². The number of carboxylic acid groups (broad SMARTS) is 1. The van der Waals surface area contributed by atoms with E-state index in [1.54, 1.807) is 23.6 Å². The zero-order chi connectivity index (χ0) is 15.4. The van der Waals surface area contributed by atoms with Crippen LogP contribution in [0, 0.1) is 6.92 Å². The lowest BCUT2D eigenvalue weighted by Crippen LogP contribution is -2.40. The number of anilines is 1. The molecule has 0 spiro atoms. The number of aliphatic carboxylic acids is 1. The molecule has 1 aromatic heterocycles. The summed E-state index contributed by atoms with van der Waals surface area (Å²) < 4.78 is 1.62. The molecule has 0 aliphatic carbocycles. The van der Waals surface area contributed by atoms with Crippen LogP contribution in [0.2, 0.25) is 0 Å². The Morgan fingerprint density at radius 2 is 2.10 bits per heavy atom. The van der Waals surface area contributed by atoms with E-state index in [-0.39, 0.29) is 12.6 Å². The highest BCUT2D eigenvalue weighted by molar-refractivity contribution is 5.87. The Hall–Kier alpha value is -2.31. The van der Waals surface area contributed by atoms with Gasteiger partial charge in [0, 0.05) is 24.7 Å². The molecule has 7 heteroatoms. The van der Waals surface area contributed by atoms with Crippen LogP contribution in [-0.2, 0) is 16.6 Å². The van der Waals surface area contributed by atoms with Gasteiger partial charge in [0.25, 0.3) is 0 Å². The lowest BCUT2D eigenvalue weighted by molar-refractivity contribution is -0.131. The van der Waals surface area contributed by atoms with Gasteiger partial charge in [-0.3, -0.25) is 9.48 Å². The van der Waals surface area contributed by atoms with Crippen molar-refractivity contribution in [1.29, 1.82) is 0 Å². The lowest BCUT2D eigenvalue weighted by Gasteiger charge is -2.28. The Balaban J connectivity index is 3.33. The summed E-state index contributed by atoms with van der Waals surface area (Å²) in [5, 5.41) is 13.0. The molecule has 0 saturated heterocycles. The monoisotopic (exact) mass is 280 g/mol. The fourth-order valence-electron chi connectivity index (χ4n) is 2.02. The van der Waals surface area contributed by atoms with E-state index in [9.17, 15) is 9.59 Å². The van der Waals surface area contributed by atoms with Crippen molar-refractivity contribution in [2.75, 3.05) is 11.4 Å². The molecule has 110 valence electrons. The van der Waals surface area contributed by atoms with Crippen molar-refractivity contribution in [1.82, 2.24) is 9.78 Å². The average molecular weight is 280 g/mol. The third-order valence-electron chi connectivity index (χ3n) is 2.85.